The van der Waals surface area contributed by atoms with E-state index in [0.29, 0.717) is 11.4 Å². The molecule has 2 N–H and O–H groups in total. The fraction of sp³-hybridized carbons (Fsp3) is 0.286. The van der Waals surface area contributed by atoms with Crippen LogP contribution in [0.3, 0.4) is 0 Å². The SMILES string of the molecule is CCC(NC(=O)NC(C)c1nc(-c2ccc(F)cc2)no1)c1ccc(OC)cc1. The average Bonchev–Trinajstić information content (AvgIpc) is 3.23. The van der Waals surface area contributed by atoms with Crippen LogP contribution in [-0.4, -0.2) is 23.3 Å². The highest BCUT2D eigenvalue weighted by atomic mass is 19.1. The van der Waals surface area contributed by atoms with E-state index in [9.17, 15) is 9.18 Å². The summed E-state index contributed by atoms with van der Waals surface area (Å²) in [6.45, 7) is 3.74. The van der Waals surface area contributed by atoms with Gasteiger partial charge >= 0.3 is 6.03 Å². The average molecular weight is 398 g/mol. The molecule has 2 atom stereocenters. The first kappa shape index (κ1) is 20.3. The first-order valence-corrected chi connectivity index (χ1v) is 9.30. The molecule has 0 aliphatic rings. The summed E-state index contributed by atoms with van der Waals surface area (Å²) in [5.41, 5.74) is 1.61. The van der Waals surface area contributed by atoms with E-state index in [1.54, 1.807) is 26.2 Å². The number of carbonyl (C=O) groups is 1. The smallest absolute Gasteiger partial charge is 0.315 e. The van der Waals surface area contributed by atoms with Crippen molar-refractivity contribution >= 4 is 6.03 Å². The van der Waals surface area contributed by atoms with Crippen molar-refractivity contribution in [3.8, 4) is 17.1 Å². The van der Waals surface area contributed by atoms with E-state index in [2.05, 4.69) is 20.8 Å². The molecule has 0 fully saturated rings. The molecule has 1 aromatic heterocycles. The summed E-state index contributed by atoms with van der Waals surface area (Å²) in [5, 5.41) is 9.63. The van der Waals surface area contributed by atoms with Gasteiger partial charge in [0.15, 0.2) is 0 Å². The summed E-state index contributed by atoms with van der Waals surface area (Å²) >= 11 is 0. The Morgan fingerprint density at radius 2 is 1.83 bits per heavy atom. The van der Waals surface area contributed by atoms with Crippen molar-refractivity contribution in [3.05, 3.63) is 65.8 Å². The molecule has 3 aromatic rings. The van der Waals surface area contributed by atoms with Crippen LogP contribution in [0.1, 0.15) is 43.8 Å². The Balaban J connectivity index is 1.61. The number of ether oxygens (including phenoxy) is 1. The molecule has 2 amide bonds. The molecule has 0 aliphatic heterocycles. The largest absolute Gasteiger partial charge is 0.497 e. The minimum absolute atomic E-state index is 0.148. The lowest BCUT2D eigenvalue weighted by molar-refractivity contribution is 0.230. The third-order valence-corrected chi connectivity index (χ3v) is 4.49. The van der Waals surface area contributed by atoms with Crippen molar-refractivity contribution in [2.45, 2.75) is 32.4 Å². The molecule has 2 unspecified atom stereocenters. The van der Waals surface area contributed by atoms with Crippen LogP contribution >= 0.6 is 0 Å². The summed E-state index contributed by atoms with van der Waals surface area (Å²) in [7, 11) is 1.61. The Morgan fingerprint density at radius 1 is 1.14 bits per heavy atom. The molecular weight excluding hydrogens is 375 g/mol. The maximum Gasteiger partial charge on any atom is 0.315 e. The van der Waals surface area contributed by atoms with E-state index in [-0.39, 0.29) is 23.8 Å². The van der Waals surface area contributed by atoms with Crippen molar-refractivity contribution in [1.82, 2.24) is 20.8 Å². The van der Waals surface area contributed by atoms with Crippen LogP contribution in [-0.2, 0) is 0 Å². The molecule has 0 saturated carbocycles. The number of nitrogens with zero attached hydrogens (tertiary/aromatic N) is 2. The molecule has 1 heterocycles. The summed E-state index contributed by atoms with van der Waals surface area (Å²) in [6.07, 6.45) is 0.726. The standard InChI is InChI=1S/C21H23FN4O3/c1-4-18(14-7-11-17(28-3)12-8-14)24-21(27)23-13(2)20-25-19(26-29-20)15-5-9-16(22)10-6-15/h5-13,18H,4H2,1-3H3,(H2,23,24,27). The molecule has 0 spiro atoms. The number of hydrogen-bond acceptors (Lipinski definition) is 5. The highest BCUT2D eigenvalue weighted by molar-refractivity contribution is 5.74. The Labute approximate surface area is 168 Å². The van der Waals surface area contributed by atoms with E-state index < -0.39 is 6.04 Å². The molecule has 29 heavy (non-hydrogen) atoms. The molecule has 7 nitrogen and oxygen atoms in total. The molecule has 8 heteroatoms. The molecule has 152 valence electrons. The Kier molecular flexibility index (Phi) is 6.43. The van der Waals surface area contributed by atoms with Crippen LogP contribution in [0, 0.1) is 5.82 Å². The van der Waals surface area contributed by atoms with Gasteiger partial charge in [-0.1, -0.05) is 24.2 Å². The zero-order chi connectivity index (χ0) is 20.8. The number of benzene rings is 2. The molecule has 0 bridgehead atoms. The van der Waals surface area contributed by atoms with Gasteiger partial charge in [-0.05, 0) is 55.3 Å². The van der Waals surface area contributed by atoms with Gasteiger partial charge in [0.1, 0.15) is 17.6 Å². The van der Waals surface area contributed by atoms with E-state index >= 15 is 0 Å². The van der Waals surface area contributed by atoms with Crippen LogP contribution in [0.15, 0.2) is 53.1 Å². The van der Waals surface area contributed by atoms with Crippen LogP contribution in [0.25, 0.3) is 11.4 Å². The minimum atomic E-state index is -0.495. The van der Waals surface area contributed by atoms with Gasteiger partial charge in [0.25, 0.3) is 0 Å². The summed E-state index contributed by atoms with van der Waals surface area (Å²) < 4.78 is 23.5. The van der Waals surface area contributed by atoms with Gasteiger partial charge in [0, 0.05) is 5.56 Å². The minimum Gasteiger partial charge on any atom is -0.497 e. The second-order valence-corrected chi connectivity index (χ2v) is 6.54. The highest BCUT2D eigenvalue weighted by Crippen LogP contribution is 2.21. The van der Waals surface area contributed by atoms with Gasteiger partial charge in [0.05, 0.1) is 13.2 Å². The molecule has 2 aromatic carbocycles. The van der Waals surface area contributed by atoms with Gasteiger partial charge in [-0.15, -0.1) is 0 Å². The molecular formula is C21H23FN4O3. The first-order valence-electron chi connectivity index (χ1n) is 9.30. The third kappa shape index (κ3) is 5.10. The number of aromatic nitrogens is 2. The van der Waals surface area contributed by atoms with Crippen molar-refractivity contribution in [2.75, 3.05) is 7.11 Å². The Morgan fingerprint density at radius 3 is 2.45 bits per heavy atom. The fourth-order valence-corrected chi connectivity index (χ4v) is 2.84. The number of nitrogens with one attached hydrogen (secondary N) is 2. The van der Waals surface area contributed by atoms with Crippen molar-refractivity contribution in [2.24, 2.45) is 0 Å². The van der Waals surface area contributed by atoms with Crippen LogP contribution < -0.4 is 15.4 Å². The predicted octanol–water partition coefficient (Wildman–Crippen LogP) is 4.40. The second kappa shape index (κ2) is 9.18. The molecule has 0 radical (unpaired) electrons. The summed E-state index contributed by atoms with van der Waals surface area (Å²) in [6, 6.07) is 12.3. The number of methoxy groups -OCH3 is 1. The van der Waals surface area contributed by atoms with Crippen molar-refractivity contribution in [3.63, 3.8) is 0 Å². The van der Waals surface area contributed by atoms with E-state index in [4.69, 9.17) is 9.26 Å². The third-order valence-electron chi connectivity index (χ3n) is 4.49. The quantitative estimate of drug-likeness (QED) is 0.616. The number of rotatable bonds is 7. The summed E-state index contributed by atoms with van der Waals surface area (Å²) in [4.78, 5) is 16.7. The molecule has 3 rings (SSSR count). The van der Waals surface area contributed by atoms with Gasteiger partial charge < -0.3 is 19.9 Å². The number of halogens is 1. The zero-order valence-electron chi connectivity index (χ0n) is 16.5. The first-order chi connectivity index (χ1) is 14.0. The highest BCUT2D eigenvalue weighted by Gasteiger charge is 2.19. The number of hydrogen-bond donors (Lipinski definition) is 2. The van der Waals surface area contributed by atoms with E-state index in [0.717, 1.165) is 17.7 Å². The zero-order valence-corrected chi connectivity index (χ0v) is 16.5. The van der Waals surface area contributed by atoms with Gasteiger partial charge in [-0.2, -0.15) is 4.98 Å². The fourth-order valence-electron chi connectivity index (χ4n) is 2.84. The van der Waals surface area contributed by atoms with Gasteiger partial charge in [-0.25, -0.2) is 9.18 Å². The topological polar surface area (TPSA) is 89.3 Å². The van der Waals surface area contributed by atoms with Gasteiger partial charge in [0.2, 0.25) is 11.7 Å². The van der Waals surface area contributed by atoms with Crippen LogP contribution in [0.5, 0.6) is 5.75 Å². The van der Waals surface area contributed by atoms with E-state index in [1.807, 2.05) is 31.2 Å². The normalized spacial score (nSPS) is 12.8. The Hall–Kier alpha value is -3.42. The summed E-state index contributed by atoms with van der Waals surface area (Å²) in [5.74, 6) is 1.01. The molecule has 0 saturated heterocycles. The maximum absolute atomic E-state index is 13.0. The Bertz CT molecular complexity index is 941. The number of carbonyl (C=O) groups excluding carboxylic acids is 1. The van der Waals surface area contributed by atoms with Crippen molar-refractivity contribution < 1.29 is 18.4 Å². The monoisotopic (exact) mass is 398 g/mol. The lowest BCUT2D eigenvalue weighted by Crippen LogP contribution is -2.39. The van der Waals surface area contributed by atoms with Gasteiger partial charge in [-0.3, -0.25) is 0 Å². The van der Waals surface area contributed by atoms with Crippen LogP contribution in [0.4, 0.5) is 9.18 Å². The van der Waals surface area contributed by atoms with Crippen LogP contribution in [0.2, 0.25) is 0 Å². The lowest BCUT2D eigenvalue weighted by atomic mass is 10.0. The number of urea groups is 1. The van der Waals surface area contributed by atoms with Crippen molar-refractivity contribution in [1.29, 1.82) is 0 Å². The maximum atomic E-state index is 13.0. The second-order valence-electron chi connectivity index (χ2n) is 6.54. The number of amides is 2. The lowest BCUT2D eigenvalue weighted by Gasteiger charge is -2.19. The predicted molar refractivity (Wildman–Crippen MR) is 106 cm³/mol. The van der Waals surface area contributed by atoms with E-state index in [1.165, 1.54) is 12.1 Å². The molecule has 0 aliphatic carbocycles.